The molecule has 5 heteroatoms. The van der Waals surface area contributed by atoms with Gasteiger partial charge in [0.15, 0.2) is 0 Å². The number of carbonyl (C=O) groups excluding carboxylic acids is 1. The molecule has 0 aliphatic carbocycles. The molecule has 0 fully saturated rings. The number of hydrogen-bond acceptors (Lipinski definition) is 5. The molecule has 1 aliphatic heterocycles. The zero-order chi connectivity index (χ0) is 17.6. The monoisotopic (exact) mass is 336 g/mol. The molecule has 0 saturated carbocycles. The molecule has 2 N–H and O–H groups in total. The standard InChI is InChI=1S/C20H20N2O3/c1-2-24-20(23)16-10-15-8-9-17(12-18(15)22-19(21)11-16)25-13-14-6-4-3-5-7-14/h3-10,12H,2,11,13H2,1H3,(H2,21,22). The van der Waals surface area contributed by atoms with Gasteiger partial charge in [0.05, 0.1) is 12.3 Å². The van der Waals surface area contributed by atoms with E-state index in [0.717, 1.165) is 11.1 Å². The summed E-state index contributed by atoms with van der Waals surface area (Å²) >= 11 is 0. The van der Waals surface area contributed by atoms with Gasteiger partial charge in [-0.2, -0.15) is 0 Å². The van der Waals surface area contributed by atoms with E-state index in [4.69, 9.17) is 15.2 Å². The lowest BCUT2D eigenvalue weighted by atomic mass is 10.1. The van der Waals surface area contributed by atoms with Crippen molar-refractivity contribution < 1.29 is 14.3 Å². The Morgan fingerprint density at radius 1 is 1.20 bits per heavy atom. The van der Waals surface area contributed by atoms with E-state index in [2.05, 4.69) is 4.99 Å². The Morgan fingerprint density at radius 2 is 2.00 bits per heavy atom. The van der Waals surface area contributed by atoms with Gasteiger partial charge in [0.1, 0.15) is 18.2 Å². The summed E-state index contributed by atoms with van der Waals surface area (Å²) in [5, 5.41) is 0. The zero-order valence-electron chi connectivity index (χ0n) is 14.1. The van der Waals surface area contributed by atoms with Crippen LogP contribution in [0.1, 0.15) is 24.5 Å². The number of ether oxygens (including phenoxy) is 2. The van der Waals surface area contributed by atoms with E-state index in [1.807, 2.05) is 48.5 Å². The molecule has 0 bridgehead atoms. The number of fused-ring (bicyclic) bond motifs is 1. The number of carbonyl (C=O) groups is 1. The van der Waals surface area contributed by atoms with Gasteiger partial charge >= 0.3 is 5.97 Å². The number of hydrogen-bond donors (Lipinski definition) is 1. The van der Waals surface area contributed by atoms with Crippen molar-refractivity contribution in [1.29, 1.82) is 0 Å². The summed E-state index contributed by atoms with van der Waals surface area (Å²) in [6, 6.07) is 15.5. The summed E-state index contributed by atoms with van der Waals surface area (Å²) in [6.07, 6.45) is 2.05. The van der Waals surface area contributed by atoms with Crippen LogP contribution in [0.4, 0.5) is 5.69 Å². The highest BCUT2D eigenvalue weighted by Crippen LogP contribution is 2.31. The predicted octanol–water partition coefficient (Wildman–Crippen LogP) is 3.60. The molecule has 3 rings (SSSR count). The van der Waals surface area contributed by atoms with Crippen LogP contribution in [0, 0.1) is 0 Å². The van der Waals surface area contributed by atoms with Gasteiger partial charge in [-0.05, 0) is 30.7 Å². The third-order valence-electron chi connectivity index (χ3n) is 3.75. The van der Waals surface area contributed by atoms with E-state index < -0.39 is 0 Å². The van der Waals surface area contributed by atoms with E-state index in [1.165, 1.54) is 0 Å². The largest absolute Gasteiger partial charge is 0.489 e. The molecule has 0 spiro atoms. The van der Waals surface area contributed by atoms with Crippen molar-refractivity contribution in [2.75, 3.05) is 6.61 Å². The molecule has 128 valence electrons. The van der Waals surface area contributed by atoms with Crippen LogP contribution in [0.5, 0.6) is 5.75 Å². The Labute approximate surface area is 146 Å². The minimum Gasteiger partial charge on any atom is -0.489 e. The van der Waals surface area contributed by atoms with Gasteiger partial charge in [0, 0.05) is 23.6 Å². The van der Waals surface area contributed by atoms with Crippen LogP contribution in [-0.2, 0) is 16.1 Å². The molecule has 0 atom stereocenters. The van der Waals surface area contributed by atoms with Crippen LogP contribution in [0.3, 0.4) is 0 Å². The van der Waals surface area contributed by atoms with Gasteiger partial charge in [-0.1, -0.05) is 30.3 Å². The summed E-state index contributed by atoms with van der Waals surface area (Å²) in [5.74, 6) is 0.711. The molecular formula is C20H20N2O3. The second-order valence-electron chi connectivity index (χ2n) is 5.66. The van der Waals surface area contributed by atoms with E-state index in [9.17, 15) is 4.79 Å². The van der Waals surface area contributed by atoms with Gasteiger partial charge in [0.25, 0.3) is 0 Å². The molecule has 1 aliphatic rings. The van der Waals surface area contributed by atoms with Crippen LogP contribution >= 0.6 is 0 Å². The maximum Gasteiger partial charge on any atom is 0.334 e. The quantitative estimate of drug-likeness (QED) is 0.847. The lowest BCUT2D eigenvalue weighted by Gasteiger charge is -2.08. The van der Waals surface area contributed by atoms with Gasteiger partial charge in [-0.15, -0.1) is 0 Å². The Balaban J connectivity index is 1.82. The van der Waals surface area contributed by atoms with Crippen molar-refractivity contribution >= 4 is 23.6 Å². The number of nitrogens with two attached hydrogens (primary N) is 1. The SMILES string of the molecule is CCOC(=O)C1=Cc2ccc(OCc3ccccc3)cc2N=C(N)C1. The van der Waals surface area contributed by atoms with Gasteiger partial charge < -0.3 is 15.2 Å². The summed E-state index contributed by atoms with van der Waals surface area (Å²) < 4.78 is 10.9. The highest BCUT2D eigenvalue weighted by Gasteiger charge is 2.17. The van der Waals surface area contributed by atoms with E-state index in [1.54, 1.807) is 13.0 Å². The molecule has 2 aromatic rings. The van der Waals surface area contributed by atoms with Crippen molar-refractivity contribution in [1.82, 2.24) is 0 Å². The third kappa shape index (κ3) is 4.26. The van der Waals surface area contributed by atoms with Crippen LogP contribution in [0.2, 0.25) is 0 Å². The van der Waals surface area contributed by atoms with Crippen LogP contribution in [0.25, 0.3) is 6.08 Å². The zero-order valence-corrected chi connectivity index (χ0v) is 14.1. The van der Waals surface area contributed by atoms with Gasteiger partial charge in [0.2, 0.25) is 0 Å². The average molecular weight is 336 g/mol. The fourth-order valence-corrected chi connectivity index (χ4v) is 2.56. The Bertz CT molecular complexity index is 826. The molecule has 0 aromatic heterocycles. The number of esters is 1. The number of amidine groups is 1. The molecule has 2 aromatic carbocycles. The van der Waals surface area contributed by atoms with E-state index in [0.29, 0.717) is 36.1 Å². The summed E-state index contributed by atoms with van der Waals surface area (Å²) in [6.45, 7) is 2.58. The molecular weight excluding hydrogens is 316 g/mol. The van der Waals surface area contributed by atoms with Crippen molar-refractivity contribution in [3.8, 4) is 5.75 Å². The lowest BCUT2D eigenvalue weighted by Crippen LogP contribution is -2.16. The lowest BCUT2D eigenvalue weighted by molar-refractivity contribution is -0.138. The molecule has 0 amide bonds. The molecule has 25 heavy (non-hydrogen) atoms. The van der Waals surface area contributed by atoms with Crippen molar-refractivity contribution in [3.05, 3.63) is 65.2 Å². The first kappa shape index (κ1) is 16.8. The van der Waals surface area contributed by atoms with Crippen LogP contribution in [-0.4, -0.2) is 18.4 Å². The first-order valence-electron chi connectivity index (χ1n) is 8.17. The number of nitrogens with zero attached hydrogens (tertiary/aromatic N) is 1. The fraction of sp³-hybridized carbons (Fsp3) is 0.200. The molecule has 0 radical (unpaired) electrons. The van der Waals surface area contributed by atoms with Crippen molar-refractivity contribution in [2.24, 2.45) is 10.7 Å². The first-order chi connectivity index (χ1) is 12.2. The molecule has 0 unspecified atom stereocenters. The second kappa shape index (κ2) is 7.66. The maximum absolute atomic E-state index is 12.0. The second-order valence-corrected chi connectivity index (χ2v) is 5.66. The number of aliphatic imine (C=N–C) groups is 1. The Hall–Kier alpha value is -3.08. The number of rotatable bonds is 5. The highest BCUT2D eigenvalue weighted by molar-refractivity contribution is 6.03. The van der Waals surface area contributed by atoms with Crippen LogP contribution in [0.15, 0.2) is 59.1 Å². The number of benzene rings is 2. The smallest absolute Gasteiger partial charge is 0.334 e. The third-order valence-corrected chi connectivity index (χ3v) is 3.75. The summed E-state index contributed by atoms with van der Waals surface area (Å²) in [5.41, 5.74) is 9.04. The molecule has 1 heterocycles. The molecule has 5 nitrogen and oxygen atoms in total. The topological polar surface area (TPSA) is 73.9 Å². The van der Waals surface area contributed by atoms with Crippen molar-refractivity contribution in [2.45, 2.75) is 20.0 Å². The summed E-state index contributed by atoms with van der Waals surface area (Å²) in [4.78, 5) is 16.4. The normalized spacial score (nSPS) is 13.2. The maximum atomic E-state index is 12.0. The minimum atomic E-state index is -0.363. The van der Waals surface area contributed by atoms with Crippen molar-refractivity contribution in [3.63, 3.8) is 0 Å². The first-order valence-corrected chi connectivity index (χ1v) is 8.17. The Morgan fingerprint density at radius 3 is 2.76 bits per heavy atom. The van der Waals surface area contributed by atoms with Crippen LogP contribution < -0.4 is 10.5 Å². The van der Waals surface area contributed by atoms with Gasteiger partial charge in [-0.25, -0.2) is 9.79 Å². The average Bonchev–Trinajstić information content (AvgIpc) is 2.78. The minimum absolute atomic E-state index is 0.272. The van der Waals surface area contributed by atoms with Gasteiger partial charge in [-0.3, -0.25) is 0 Å². The highest BCUT2D eigenvalue weighted by atomic mass is 16.5. The van der Waals surface area contributed by atoms with E-state index in [-0.39, 0.29) is 12.4 Å². The van der Waals surface area contributed by atoms with E-state index >= 15 is 0 Å². The molecule has 0 saturated heterocycles. The Kier molecular flexibility index (Phi) is 5.14. The summed E-state index contributed by atoms with van der Waals surface area (Å²) in [7, 11) is 0. The predicted molar refractivity (Wildman–Crippen MR) is 97.7 cm³/mol. The fourth-order valence-electron chi connectivity index (χ4n) is 2.56.